The molecule has 0 radical (unpaired) electrons. The van der Waals surface area contributed by atoms with Gasteiger partial charge in [-0.2, -0.15) is 0 Å². The third-order valence-electron chi connectivity index (χ3n) is 3.07. The van der Waals surface area contributed by atoms with Crippen molar-refractivity contribution in [3.63, 3.8) is 0 Å². The minimum atomic E-state index is 0.666. The second-order valence-electron chi connectivity index (χ2n) is 4.59. The molecule has 0 N–H and O–H groups in total. The first kappa shape index (κ1) is 12.7. The van der Waals surface area contributed by atoms with Crippen molar-refractivity contribution in [1.29, 1.82) is 0 Å². The molecule has 2 unspecified atom stereocenters. The number of hydrogen-bond acceptors (Lipinski definition) is 2. The molecule has 2 nitrogen and oxygen atoms in total. The van der Waals surface area contributed by atoms with Gasteiger partial charge in [-0.25, -0.2) is 0 Å². The van der Waals surface area contributed by atoms with Crippen LogP contribution in [0.4, 0.5) is 0 Å². The van der Waals surface area contributed by atoms with Crippen LogP contribution in [-0.4, -0.2) is 41.2 Å². The second kappa shape index (κ2) is 5.66. The highest BCUT2D eigenvalue weighted by Gasteiger charge is 2.35. The SMILES string of the molecule is COCC1C[C@@H](C(C)I)N(C(C)C)C1. The molecule has 1 fully saturated rings. The van der Waals surface area contributed by atoms with E-state index in [2.05, 4.69) is 48.3 Å². The maximum atomic E-state index is 5.25. The van der Waals surface area contributed by atoms with Gasteiger partial charge in [-0.3, -0.25) is 4.90 Å². The highest BCUT2D eigenvalue weighted by atomic mass is 127. The van der Waals surface area contributed by atoms with E-state index in [0.29, 0.717) is 6.04 Å². The van der Waals surface area contributed by atoms with E-state index in [1.54, 1.807) is 7.11 Å². The van der Waals surface area contributed by atoms with E-state index in [4.69, 9.17) is 4.74 Å². The molecule has 1 saturated heterocycles. The Bertz CT molecular complexity index is 157. The number of likely N-dealkylation sites (tertiary alicyclic amines) is 1. The molecule has 0 aromatic rings. The number of hydrogen-bond donors (Lipinski definition) is 0. The molecule has 84 valence electrons. The fourth-order valence-corrected chi connectivity index (χ4v) is 3.09. The highest BCUT2D eigenvalue weighted by Crippen LogP contribution is 2.30. The van der Waals surface area contributed by atoms with Crippen molar-refractivity contribution in [1.82, 2.24) is 4.90 Å². The lowest BCUT2D eigenvalue weighted by atomic mass is 10.1. The summed E-state index contributed by atoms with van der Waals surface area (Å²) in [6.45, 7) is 9.03. The summed E-state index contributed by atoms with van der Waals surface area (Å²) >= 11 is 2.55. The van der Waals surface area contributed by atoms with Crippen molar-refractivity contribution < 1.29 is 4.74 Å². The van der Waals surface area contributed by atoms with Gasteiger partial charge < -0.3 is 4.74 Å². The molecular formula is C11H22INO. The van der Waals surface area contributed by atoms with Gasteiger partial charge in [0, 0.05) is 29.7 Å². The van der Waals surface area contributed by atoms with E-state index >= 15 is 0 Å². The van der Waals surface area contributed by atoms with Gasteiger partial charge in [0.2, 0.25) is 0 Å². The average Bonchev–Trinajstić information content (AvgIpc) is 2.49. The lowest BCUT2D eigenvalue weighted by Crippen LogP contribution is -2.39. The van der Waals surface area contributed by atoms with Gasteiger partial charge in [-0.15, -0.1) is 0 Å². The van der Waals surface area contributed by atoms with Gasteiger partial charge >= 0.3 is 0 Å². The van der Waals surface area contributed by atoms with E-state index in [1.807, 2.05) is 0 Å². The molecule has 3 atom stereocenters. The molecule has 0 spiro atoms. The fourth-order valence-electron chi connectivity index (χ4n) is 2.39. The molecule has 0 aromatic carbocycles. The summed E-state index contributed by atoms with van der Waals surface area (Å²) in [5.41, 5.74) is 0. The summed E-state index contributed by atoms with van der Waals surface area (Å²) in [6, 6.07) is 1.41. The zero-order chi connectivity index (χ0) is 10.7. The lowest BCUT2D eigenvalue weighted by molar-refractivity contribution is 0.148. The molecule has 1 heterocycles. The molecule has 3 heteroatoms. The summed E-state index contributed by atoms with van der Waals surface area (Å²) in [7, 11) is 1.81. The molecule has 14 heavy (non-hydrogen) atoms. The number of halogens is 1. The van der Waals surface area contributed by atoms with Crippen molar-refractivity contribution in [3.8, 4) is 0 Å². The van der Waals surface area contributed by atoms with Gasteiger partial charge in [0.25, 0.3) is 0 Å². The van der Waals surface area contributed by atoms with Crippen LogP contribution in [0.5, 0.6) is 0 Å². The Labute approximate surface area is 102 Å². The third kappa shape index (κ3) is 3.07. The monoisotopic (exact) mass is 311 g/mol. The molecular weight excluding hydrogens is 289 g/mol. The molecule has 0 aliphatic carbocycles. The minimum absolute atomic E-state index is 0.666. The summed E-state index contributed by atoms with van der Waals surface area (Å²) in [5, 5.41) is 0. The topological polar surface area (TPSA) is 12.5 Å². The normalized spacial score (nSPS) is 31.3. The Kier molecular flexibility index (Phi) is 5.14. The maximum Gasteiger partial charge on any atom is 0.0503 e. The van der Waals surface area contributed by atoms with Crippen LogP contribution in [0.1, 0.15) is 27.2 Å². The van der Waals surface area contributed by atoms with Crippen molar-refractivity contribution in [2.24, 2.45) is 5.92 Å². The summed E-state index contributed by atoms with van der Waals surface area (Å²) in [6.07, 6.45) is 1.30. The van der Waals surface area contributed by atoms with Crippen molar-refractivity contribution >= 4 is 22.6 Å². The van der Waals surface area contributed by atoms with Crippen LogP contribution < -0.4 is 0 Å². The Hall–Kier alpha value is 0.650. The standard InChI is InChI=1S/C11H22INO/c1-8(2)13-6-10(7-14-4)5-11(13)9(3)12/h8-11H,5-7H2,1-4H3/t9?,10?,11-/m0/s1. The highest BCUT2D eigenvalue weighted by molar-refractivity contribution is 14.1. The van der Waals surface area contributed by atoms with Crippen molar-refractivity contribution in [3.05, 3.63) is 0 Å². The molecule has 0 bridgehead atoms. The Morgan fingerprint density at radius 3 is 2.43 bits per heavy atom. The van der Waals surface area contributed by atoms with Crippen molar-refractivity contribution in [2.75, 3.05) is 20.3 Å². The van der Waals surface area contributed by atoms with E-state index in [9.17, 15) is 0 Å². The molecule has 0 amide bonds. The zero-order valence-electron chi connectivity index (χ0n) is 9.66. The molecule has 0 aromatic heterocycles. The Balaban J connectivity index is 2.56. The zero-order valence-corrected chi connectivity index (χ0v) is 11.8. The number of alkyl halides is 1. The predicted octanol–water partition coefficient (Wildman–Crippen LogP) is 2.56. The van der Waals surface area contributed by atoms with Crippen LogP contribution in [0.15, 0.2) is 0 Å². The molecule has 0 saturated carbocycles. The Morgan fingerprint density at radius 1 is 1.43 bits per heavy atom. The smallest absolute Gasteiger partial charge is 0.0503 e. The third-order valence-corrected chi connectivity index (χ3v) is 3.90. The van der Waals surface area contributed by atoms with Crippen LogP contribution in [0, 0.1) is 5.92 Å². The number of methoxy groups -OCH3 is 1. The number of rotatable bonds is 4. The van der Waals surface area contributed by atoms with Gasteiger partial charge in [0.15, 0.2) is 0 Å². The van der Waals surface area contributed by atoms with Crippen LogP contribution in [0.2, 0.25) is 0 Å². The number of nitrogens with zero attached hydrogens (tertiary/aromatic N) is 1. The summed E-state index contributed by atoms with van der Waals surface area (Å²) in [5.74, 6) is 0.740. The van der Waals surface area contributed by atoms with E-state index in [0.717, 1.165) is 22.5 Å². The summed E-state index contributed by atoms with van der Waals surface area (Å²) in [4.78, 5) is 2.63. The van der Waals surface area contributed by atoms with Crippen LogP contribution in [-0.2, 0) is 4.74 Å². The van der Waals surface area contributed by atoms with Crippen LogP contribution in [0.3, 0.4) is 0 Å². The van der Waals surface area contributed by atoms with E-state index in [-0.39, 0.29) is 0 Å². The average molecular weight is 311 g/mol. The number of ether oxygens (including phenoxy) is 1. The van der Waals surface area contributed by atoms with E-state index in [1.165, 1.54) is 13.0 Å². The fraction of sp³-hybridized carbons (Fsp3) is 1.00. The van der Waals surface area contributed by atoms with Gasteiger partial charge in [0.05, 0.1) is 6.61 Å². The van der Waals surface area contributed by atoms with E-state index < -0.39 is 0 Å². The van der Waals surface area contributed by atoms with Crippen LogP contribution in [0.25, 0.3) is 0 Å². The van der Waals surface area contributed by atoms with Gasteiger partial charge in [-0.05, 0) is 26.2 Å². The van der Waals surface area contributed by atoms with Crippen LogP contribution >= 0.6 is 22.6 Å². The van der Waals surface area contributed by atoms with Crippen molar-refractivity contribution in [2.45, 2.75) is 43.2 Å². The van der Waals surface area contributed by atoms with Gasteiger partial charge in [-0.1, -0.05) is 29.5 Å². The quantitative estimate of drug-likeness (QED) is 0.584. The minimum Gasteiger partial charge on any atom is -0.384 e. The lowest BCUT2D eigenvalue weighted by Gasteiger charge is -2.30. The molecule has 1 aliphatic heterocycles. The largest absolute Gasteiger partial charge is 0.384 e. The first-order valence-electron chi connectivity index (χ1n) is 5.45. The molecule has 1 rings (SSSR count). The second-order valence-corrected chi connectivity index (χ2v) is 6.56. The first-order chi connectivity index (χ1) is 6.56. The predicted molar refractivity (Wildman–Crippen MR) is 69.1 cm³/mol. The first-order valence-corrected chi connectivity index (χ1v) is 6.69. The van der Waals surface area contributed by atoms with Gasteiger partial charge in [0.1, 0.15) is 0 Å². The molecule has 1 aliphatic rings. The maximum absolute atomic E-state index is 5.25. The Morgan fingerprint density at radius 2 is 2.07 bits per heavy atom. The summed E-state index contributed by atoms with van der Waals surface area (Å²) < 4.78 is 5.99.